The maximum atomic E-state index is 12.1. The molecule has 1 heterocycles. The fourth-order valence-electron chi connectivity index (χ4n) is 2.23. The van der Waals surface area contributed by atoms with Gasteiger partial charge in [-0.25, -0.2) is 8.42 Å². The van der Waals surface area contributed by atoms with E-state index < -0.39 is 21.3 Å². The van der Waals surface area contributed by atoms with Gasteiger partial charge < -0.3 is 10.1 Å². The molecule has 122 valence electrons. The fourth-order valence-corrected chi connectivity index (χ4v) is 4.78. The standard InChI is InChI=1S/C15H20ClNO4S/c1-2-3-8-21-12-6-4-11(5-7-12)15(18)17-14-10-22(19,20)9-13(14)16/h4-7,13-14H,2-3,8-10H2,1H3,(H,17,18)/t13-,14-/m1/s1. The van der Waals surface area contributed by atoms with Gasteiger partial charge in [0.05, 0.1) is 29.5 Å². The van der Waals surface area contributed by atoms with Crippen molar-refractivity contribution >= 4 is 27.3 Å². The van der Waals surface area contributed by atoms with Gasteiger partial charge in [0.25, 0.3) is 5.91 Å². The van der Waals surface area contributed by atoms with E-state index in [1.54, 1.807) is 24.3 Å². The van der Waals surface area contributed by atoms with Crippen LogP contribution in [0.15, 0.2) is 24.3 Å². The quantitative estimate of drug-likeness (QED) is 0.632. The minimum atomic E-state index is -3.16. The van der Waals surface area contributed by atoms with Gasteiger partial charge in [-0.05, 0) is 30.7 Å². The van der Waals surface area contributed by atoms with Crippen LogP contribution in [0.1, 0.15) is 30.1 Å². The van der Waals surface area contributed by atoms with Crippen LogP contribution in [0.3, 0.4) is 0 Å². The number of unbranched alkanes of at least 4 members (excludes halogenated alkanes) is 1. The molecular weight excluding hydrogens is 326 g/mol. The van der Waals surface area contributed by atoms with Crippen LogP contribution >= 0.6 is 11.6 Å². The van der Waals surface area contributed by atoms with E-state index in [2.05, 4.69) is 12.2 Å². The number of alkyl halides is 1. The van der Waals surface area contributed by atoms with Crippen molar-refractivity contribution in [1.82, 2.24) is 5.32 Å². The largest absolute Gasteiger partial charge is 0.494 e. The summed E-state index contributed by atoms with van der Waals surface area (Å²) in [4.78, 5) is 12.1. The molecule has 7 heteroatoms. The zero-order valence-electron chi connectivity index (χ0n) is 12.4. The molecule has 0 aliphatic carbocycles. The average Bonchev–Trinajstić information content (AvgIpc) is 2.72. The Morgan fingerprint density at radius 2 is 2.00 bits per heavy atom. The molecule has 1 N–H and O–H groups in total. The molecule has 0 saturated carbocycles. The van der Waals surface area contributed by atoms with Crippen molar-refractivity contribution < 1.29 is 17.9 Å². The van der Waals surface area contributed by atoms with Gasteiger partial charge in [0, 0.05) is 5.56 Å². The molecule has 1 aromatic carbocycles. The first-order chi connectivity index (χ1) is 10.4. The van der Waals surface area contributed by atoms with Gasteiger partial charge in [-0.1, -0.05) is 13.3 Å². The summed E-state index contributed by atoms with van der Waals surface area (Å²) in [6, 6.07) is 6.23. The second-order valence-corrected chi connectivity index (χ2v) is 8.11. The smallest absolute Gasteiger partial charge is 0.251 e. The second-order valence-electron chi connectivity index (χ2n) is 5.40. The minimum absolute atomic E-state index is 0.0935. The van der Waals surface area contributed by atoms with Crippen molar-refractivity contribution in [3.63, 3.8) is 0 Å². The summed E-state index contributed by atoms with van der Waals surface area (Å²) in [7, 11) is -3.16. The molecule has 1 fully saturated rings. The van der Waals surface area contributed by atoms with Gasteiger partial charge in [0.1, 0.15) is 5.75 Å². The van der Waals surface area contributed by atoms with Crippen LogP contribution < -0.4 is 10.1 Å². The first-order valence-electron chi connectivity index (χ1n) is 7.29. The van der Waals surface area contributed by atoms with Crippen LogP contribution in [0.25, 0.3) is 0 Å². The van der Waals surface area contributed by atoms with Gasteiger partial charge in [-0.3, -0.25) is 4.79 Å². The third-order valence-corrected chi connectivity index (χ3v) is 5.86. The third kappa shape index (κ3) is 4.61. The molecule has 0 aromatic heterocycles. The lowest BCUT2D eigenvalue weighted by atomic mass is 10.2. The first kappa shape index (κ1) is 17.1. The van der Waals surface area contributed by atoms with Crippen molar-refractivity contribution in [1.29, 1.82) is 0 Å². The number of carbonyl (C=O) groups is 1. The number of halogens is 1. The Labute approximate surface area is 135 Å². The number of hydrogen-bond donors (Lipinski definition) is 1. The Morgan fingerprint density at radius 3 is 2.55 bits per heavy atom. The lowest BCUT2D eigenvalue weighted by molar-refractivity contribution is 0.0941. The number of carbonyl (C=O) groups excluding carboxylic acids is 1. The minimum Gasteiger partial charge on any atom is -0.494 e. The summed E-state index contributed by atoms with van der Waals surface area (Å²) >= 11 is 5.98. The molecule has 1 aliphatic rings. The number of ether oxygens (including phenoxy) is 1. The molecule has 0 spiro atoms. The van der Waals surface area contributed by atoms with Crippen molar-refractivity contribution in [2.75, 3.05) is 18.1 Å². The molecule has 5 nitrogen and oxygen atoms in total. The molecule has 0 unspecified atom stereocenters. The Hall–Kier alpha value is -1.27. The lowest BCUT2D eigenvalue weighted by Gasteiger charge is -2.14. The molecular formula is C15H20ClNO4S. The van der Waals surface area contributed by atoms with E-state index in [1.807, 2.05) is 0 Å². The van der Waals surface area contributed by atoms with Gasteiger partial charge in [0.2, 0.25) is 0 Å². The van der Waals surface area contributed by atoms with Crippen molar-refractivity contribution in [3.05, 3.63) is 29.8 Å². The van der Waals surface area contributed by atoms with E-state index in [9.17, 15) is 13.2 Å². The molecule has 0 bridgehead atoms. The molecule has 1 aliphatic heterocycles. The SMILES string of the molecule is CCCCOc1ccc(C(=O)N[C@@H]2CS(=O)(=O)C[C@H]2Cl)cc1. The Kier molecular flexibility index (Phi) is 5.69. The van der Waals surface area contributed by atoms with Crippen LogP contribution in [0.4, 0.5) is 0 Å². The van der Waals surface area contributed by atoms with Crippen LogP contribution in [0, 0.1) is 0 Å². The first-order valence-corrected chi connectivity index (χ1v) is 9.55. The number of nitrogens with one attached hydrogen (secondary N) is 1. The Bertz CT molecular complexity index is 615. The molecule has 22 heavy (non-hydrogen) atoms. The molecule has 0 radical (unpaired) electrons. The summed E-state index contributed by atoms with van der Waals surface area (Å²) in [6.45, 7) is 2.74. The summed E-state index contributed by atoms with van der Waals surface area (Å²) in [5.74, 6) is 0.186. The molecule has 1 amide bonds. The number of sulfone groups is 1. The summed E-state index contributed by atoms with van der Waals surface area (Å²) in [6.07, 6.45) is 2.04. The molecule has 1 saturated heterocycles. The fraction of sp³-hybridized carbons (Fsp3) is 0.533. The monoisotopic (exact) mass is 345 g/mol. The average molecular weight is 346 g/mol. The number of benzene rings is 1. The molecule has 1 aromatic rings. The maximum Gasteiger partial charge on any atom is 0.251 e. The van der Waals surface area contributed by atoms with Crippen LogP contribution in [-0.4, -0.2) is 43.9 Å². The zero-order chi connectivity index (χ0) is 16.2. The topological polar surface area (TPSA) is 72.5 Å². The summed E-state index contributed by atoms with van der Waals surface area (Å²) in [5, 5.41) is 2.10. The zero-order valence-corrected chi connectivity index (χ0v) is 14.0. The number of amides is 1. The van der Waals surface area contributed by atoms with Gasteiger partial charge >= 0.3 is 0 Å². The van der Waals surface area contributed by atoms with Gasteiger partial charge in [-0.2, -0.15) is 0 Å². The van der Waals surface area contributed by atoms with Crippen LogP contribution in [0.2, 0.25) is 0 Å². The maximum absolute atomic E-state index is 12.1. The second kappa shape index (κ2) is 7.33. The number of rotatable bonds is 6. The highest BCUT2D eigenvalue weighted by Gasteiger charge is 2.37. The third-order valence-electron chi connectivity index (χ3n) is 3.48. The van der Waals surface area contributed by atoms with E-state index in [0.29, 0.717) is 17.9 Å². The highest BCUT2D eigenvalue weighted by molar-refractivity contribution is 7.91. The van der Waals surface area contributed by atoms with Crippen LogP contribution in [0.5, 0.6) is 5.75 Å². The Balaban J connectivity index is 1.93. The van der Waals surface area contributed by atoms with Crippen molar-refractivity contribution in [2.24, 2.45) is 0 Å². The van der Waals surface area contributed by atoms with E-state index >= 15 is 0 Å². The summed E-state index contributed by atoms with van der Waals surface area (Å²) in [5.41, 5.74) is 0.455. The predicted molar refractivity (Wildman–Crippen MR) is 86.4 cm³/mol. The molecule has 2 atom stereocenters. The lowest BCUT2D eigenvalue weighted by Crippen LogP contribution is -2.40. The highest BCUT2D eigenvalue weighted by atomic mass is 35.5. The van der Waals surface area contributed by atoms with E-state index in [0.717, 1.165) is 12.8 Å². The normalized spacial score (nSPS) is 23.2. The van der Waals surface area contributed by atoms with Crippen molar-refractivity contribution in [3.8, 4) is 5.75 Å². The Morgan fingerprint density at radius 1 is 1.32 bits per heavy atom. The molecule has 2 rings (SSSR count). The van der Waals surface area contributed by atoms with Gasteiger partial charge in [0.15, 0.2) is 9.84 Å². The van der Waals surface area contributed by atoms with E-state index in [-0.39, 0.29) is 17.4 Å². The van der Waals surface area contributed by atoms with Crippen molar-refractivity contribution in [2.45, 2.75) is 31.2 Å². The predicted octanol–water partition coefficient (Wildman–Crippen LogP) is 2.00. The number of hydrogen-bond acceptors (Lipinski definition) is 4. The van der Waals surface area contributed by atoms with Crippen LogP contribution in [-0.2, 0) is 9.84 Å². The van der Waals surface area contributed by atoms with E-state index in [4.69, 9.17) is 16.3 Å². The van der Waals surface area contributed by atoms with Gasteiger partial charge in [-0.15, -0.1) is 11.6 Å². The summed E-state index contributed by atoms with van der Waals surface area (Å²) < 4.78 is 28.5. The highest BCUT2D eigenvalue weighted by Crippen LogP contribution is 2.19. The van der Waals surface area contributed by atoms with E-state index in [1.165, 1.54) is 0 Å².